The predicted molar refractivity (Wildman–Crippen MR) is 79.2 cm³/mol. The van der Waals surface area contributed by atoms with E-state index in [1.54, 1.807) is 13.4 Å². The van der Waals surface area contributed by atoms with E-state index < -0.39 is 0 Å². The van der Waals surface area contributed by atoms with Gasteiger partial charge in [0.2, 0.25) is 0 Å². The third-order valence-corrected chi connectivity index (χ3v) is 2.08. The lowest BCUT2D eigenvalue weighted by atomic mass is 10.1. The third kappa shape index (κ3) is 4.14. The number of hydrogen-bond acceptors (Lipinski definition) is 2. The smallest absolute Gasteiger partial charge is 0.241 e. The molecule has 0 spiro atoms. The van der Waals surface area contributed by atoms with Crippen molar-refractivity contribution in [2.24, 2.45) is 0 Å². The molecule has 0 atom stereocenters. The molecule has 1 aromatic heterocycles. The molecule has 0 aliphatic carbocycles. The normalized spacial score (nSPS) is 8.11. The second-order valence-electron chi connectivity index (χ2n) is 3.03. The summed E-state index contributed by atoms with van der Waals surface area (Å²) in [5, 5.41) is 1.06. The van der Waals surface area contributed by atoms with Crippen LogP contribution in [-0.4, -0.2) is 17.0 Å². The maximum atomic E-state index is 4.17. The van der Waals surface area contributed by atoms with Crippen molar-refractivity contribution in [2.75, 3.05) is 7.05 Å². The highest BCUT2D eigenvalue weighted by atomic mass is 14.8. The van der Waals surface area contributed by atoms with E-state index >= 15 is 0 Å². The molecular weight excluding hydrogens is 222 g/mol. The van der Waals surface area contributed by atoms with Crippen LogP contribution in [0.2, 0.25) is 0 Å². The first-order valence-corrected chi connectivity index (χ1v) is 6.37. The largest absolute Gasteiger partial charge is 0.310 e. The van der Waals surface area contributed by atoms with Gasteiger partial charge in [0.25, 0.3) is 7.05 Å². The number of aryl methyl sites for hydroxylation is 1. The number of hydrogen-bond donors (Lipinski definition) is 0. The van der Waals surface area contributed by atoms with E-state index in [0.717, 1.165) is 22.2 Å². The zero-order valence-electron chi connectivity index (χ0n) is 12.2. The predicted octanol–water partition coefficient (Wildman–Crippen LogP) is 4.30. The molecule has 0 bridgehead atoms. The van der Waals surface area contributed by atoms with Crippen molar-refractivity contribution >= 4 is 10.9 Å². The number of nitrogens with zero attached hydrogens (tertiary/aromatic N) is 3. The van der Waals surface area contributed by atoms with Crippen LogP contribution in [0, 0.1) is 13.0 Å². The standard InChI is InChI=1S/C11H10N3.2C2H6/c1-8-10-5-9(6-12-2)3-4-11(10)14-7-13-8;2*1-2/h3-5,7H,1-2H3;2*1-2H3/q+1;;. The van der Waals surface area contributed by atoms with E-state index in [9.17, 15) is 0 Å². The molecule has 2 aromatic rings. The van der Waals surface area contributed by atoms with Gasteiger partial charge in [-0.25, -0.2) is 9.97 Å². The molecule has 0 saturated heterocycles. The summed E-state index contributed by atoms with van der Waals surface area (Å²) in [7, 11) is 1.71. The molecule has 0 fully saturated rings. The zero-order valence-corrected chi connectivity index (χ0v) is 12.2. The fourth-order valence-electron chi connectivity index (χ4n) is 1.38. The van der Waals surface area contributed by atoms with E-state index in [2.05, 4.69) is 20.9 Å². The number of fused-ring (bicyclic) bond motifs is 1. The second-order valence-corrected chi connectivity index (χ2v) is 3.03. The Morgan fingerprint density at radius 2 is 1.72 bits per heavy atom. The van der Waals surface area contributed by atoms with Crippen molar-refractivity contribution in [1.82, 2.24) is 9.97 Å². The van der Waals surface area contributed by atoms with Crippen LogP contribution >= 0.6 is 0 Å². The summed E-state index contributed by atoms with van der Waals surface area (Å²) in [5.74, 6) is 0. The molecule has 0 saturated carbocycles. The van der Waals surface area contributed by atoms with Crippen LogP contribution in [0.15, 0.2) is 24.5 Å². The molecular formula is C15H22N3+. The lowest BCUT2D eigenvalue weighted by molar-refractivity contribution is 1.15. The van der Waals surface area contributed by atoms with Gasteiger partial charge in [-0.3, -0.25) is 0 Å². The molecule has 0 amide bonds. The van der Waals surface area contributed by atoms with E-state index in [1.165, 1.54) is 0 Å². The Hall–Kier alpha value is -1.95. The molecule has 18 heavy (non-hydrogen) atoms. The maximum Gasteiger partial charge on any atom is 0.310 e. The summed E-state index contributed by atoms with van der Waals surface area (Å²) in [6.45, 7) is 9.97. The Morgan fingerprint density at radius 1 is 1.06 bits per heavy atom. The molecule has 0 unspecified atom stereocenters. The van der Waals surface area contributed by atoms with Gasteiger partial charge < -0.3 is 0 Å². The quantitative estimate of drug-likeness (QED) is 0.691. The SMILES string of the molecule is CC.CC.C[N+]#Cc1ccc2ncnc(C)c2c1. The van der Waals surface area contributed by atoms with E-state index in [0.29, 0.717) is 0 Å². The summed E-state index contributed by atoms with van der Waals surface area (Å²) < 4.78 is 0. The van der Waals surface area contributed by atoms with Crippen molar-refractivity contribution in [3.63, 3.8) is 0 Å². The van der Waals surface area contributed by atoms with Gasteiger partial charge in [-0.15, -0.1) is 0 Å². The molecule has 0 N–H and O–H groups in total. The Bertz CT molecular complexity index is 536. The van der Waals surface area contributed by atoms with Gasteiger partial charge in [0.05, 0.1) is 5.52 Å². The summed E-state index contributed by atoms with van der Waals surface area (Å²) >= 11 is 0. The fourth-order valence-corrected chi connectivity index (χ4v) is 1.38. The molecule has 96 valence electrons. The molecule has 0 aliphatic heterocycles. The van der Waals surface area contributed by atoms with Crippen LogP contribution in [-0.2, 0) is 0 Å². The monoisotopic (exact) mass is 244 g/mol. The first-order valence-electron chi connectivity index (χ1n) is 6.37. The molecule has 2 rings (SSSR count). The van der Waals surface area contributed by atoms with E-state index in [1.807, 2.05) is 52.8 Å². The minimum Gasteiger partial charge on any atom is -0.241 e. The Morgan fingerprint density at radius 3 is 2.33 bits per heavy atom. The molecule has 0 aliphatic rings. The van der Waals surface area contributed by atoms with Gasteiger partial charge in [-0.2, -0.15) is 0 Å². The molecule has 3 nitrogen and oxygen atoms in total. The Balaban J connectivity index is 0.000000659. The van der Waals surface area contributed by atoms with Crippen LogP contribution in [0.4, 0.5) is 0 Å². The number of rotatable bonds is 0. The van der Waals surface area contributed by atoms with Gasteiger partial charge in [0, 0.05) is 11.1 Å². The van der Waals surface area contributed by atoms with Crippen LogP contribution in [0.5, 0.6) is 0 Å². The average Bonchev–Trinajstić information content (AvgIpc) is 2.45. The molecule has 1 aromatic carbocycles. The van der Waals surface area contributed by atoms with Crippen molar-refractivity contribution in [3.8, 4) is 6.07 Å². The fraction of sp³-hybridized carbons (Fsp3) is 0.400. The first kappa shape index (κ1) is 16.1. The summed E-state index contributed by atoms with van der Waals surface area (Å²) in [6, 6.07) is 8.80. The van der Waals surface area contributed by atoms with Gasteiger partial charge in [-0.1, -0.05) is 32.5 Å². The molecule has 3 heteroatoms. The van der Waals surface area contributed by atoms with Gasteiger partial charge >= 0.3 is 6.07 Å². The van der Waals surface area contributed by atoms with Gasteiger partial charge in [-0.05, 0) is 25.1 Å². The zero-order chi connectivity index (χ0) is 14.0. The maximum absolute atomic E-state index is 4.17. The van der Waals surface area contributed by atoms with Crippen molar-refractivity contribution < 1.29 is 0 Å². The Labute approximate surface area is 110 Å². The molecule has 0 radical (unpaired) electrons. The highest BCUT2D eigenvalue weighted by Gasteiger charge is 2.01. The van der Waals surface area contributed by atoms with E-state index in [-0.39, 0.29) is 0 Å². The molecule has 1 heterocycles. The summed E-state index contributed by atoms with van der Waals surface area (Å²) in [5.41, 5.74) is 2.90. The Kier molecular flexibility index (Phi) is 8.13. The van der Waals surface area contributed by atoms with Gasteiger partial charge in [0.1, 0.15) is 11.9 Å². The number of aromatic nitrogens is 2. The minimum absolute atomic E-state index is 0.956. The highest BCUT2D eigenvalue weighted by Crippen LogP contribution is 2.15. The van der Waals surface area contributed by atoms with Crippen molar-refractivity contribution in [2.45, 2.75) is 34.6 Å². The van der Waals surface area contributed by atoms with Crippen LogP contribution in [0.1, 0.15) is 39.0 Å². The summed E-state index contributed by atoms with van der Waals surface area (Å²) in [6.07, 6.45) is 1.58. The third-order valence-electron chi connectivity index (χ3n) is 2.08. The topological polar surface area (TPSA) is 30.1 Å². The number of benzene rings is 1. The van der Waals surface area contributed by atoms with Crippen molar-refractivity contribution in [1.29, 1.82) is 0 Å². The van der Waals surface area contributed by atoms with Crippen molar-refractivity contribution in [3.05, 3.63) is 40.6 Å². The van der Waals surface area contributed by atoms with Gasteiger partial charge in [0.15, 0.2) is 0 Å². The second kappa shape index (κ2) is 9.12. The van der Waals surface area contributed by atoms with Crippen LogP contribution in [0.3, 0.4) is 0 Å². The van der Waals surface area contributed by atoms with E-state index in [4.69, 9.17) is 0 Å². The van der Waals surface area contributed by atoms with Crippen LogP contribution in [0.25, 0.3) is 15.7 Å². The highest BCUT2D eigenvalue weighted by molar-refractivity contribution is 5.81. The lowest BCUT2D eigenvalue weighted by Gasteiger charge is -1.98. The lowest BCUT2D eigenvalue weighted by Crippen LogP contribution is -1.87. The minimum atomic E-state index is 0.956. The van der Waals surface area contributed by atoms with Crippen LogP contribution < -0.4 is 0 Å². The first-order chi connectivity index (χ1) is 8.81. The summed E-state index contributed by atoms with van der Waals surface area (Å²) in [4.78, 5) is 12.2. The average molecular weight is 244 g/mol.